The minimum absolute atomic E-state index is 0.0995. The predicted molar refractivity (Wildman–Crippen MR) is 64.1 cm³/mol. The lowest BCUT2D eigenvalue weighted by molar-refractivity contribution is 0.104. The van der Waals surface area contributed by atoms with Crippen LogP contribution >= 0.6 is 22.9 Å². The predicted octanol–water partition coefficient (Wildman–Crippen LogP) is 3.36. The molecule has 2 aromatic heterocycles. The molecule has 15 heavy (non-hydrogen) atoms. The third kappa shape index (κ3) is 1.87. The van der Waals surface area contributed by atoms with Gasteiger partial charge in [-0.1, -0.05) is 0 Å². The molecule has 0 bridgehead atoms. The molecule has 2 rings (SSSR count). The van der Waals surface area contributed by atoms with Crippen LogP contribution in [0.15, 0.2) is 11.4 Å². The van der Waals surface area contributed by atoms with E-state index in [1.165, 1.54) is 16.4 Å². The van der Waals surface area contributed by atoms with Crippen LogP contribution < -0.4 is 0 Å². The molecule has 0 radical (unpaired) electrons. The molecular formula is C11H11NOS2. The topological polar surface area (TPSA) is 30.0 Å². The van der Waals surface area contributed by atoms with Gasteiger partial charge in [-0.05, 0) is 43.9 Å². The van der Waals surface area contributed by atoms with Crippen LogP contribution in [0.4, 0.5) is 0 Å². The average molecular weight is 237 g/mol. The number of nitrogens with zero attached hydrogens (tertiary/aromatic N) is 1. The monoisotopic (exact) mass is 237 g/mol. The van der Waals surface area contributed by atoms with Crippen molar-refractivity contribution in [3.8, 4) is 0 Å². The summed E-state index contributed by atoms with van der Waals surface area (Å²) in [6, 6.07) is 1.85. The molecule has 0 aliphatic carbocycles. The number of aryl methyl sites for hydroxylation is 2. The summed E-state index contributed by atoms with van der Waals surface area (Å²) in [5.41, 5.74) is 2.82. The maximum atomic E-state index is 12.1. The zero-order chi connectivity index (χ0) is 11.0. The van der Waals surface area contributed by atoms with Crippen molar-refractivity contribution < 1.29 is 4.79 Å². The summed E-state index contributed by atoms with van der Waals surface area (Å²) in [5, 5.41) is 1.93. The van der Waals surface area contributed by atoms with Gasteiger partial charge in [0.25, 0.3) is 0 Å². The summed E-state index contributed by atoms with van der Waals surface area (Å²) < 4.78 is 4.12. The molecule has 4 heteroatoms. The van der Waals surface area contributed by atoms with Crippen LogP contribution in [0, 0.1) is 20.8 Å². The maximum absolute atomic E-state index is 12.1. The van der Waals surface area contributed by atoms with E-state index in [0.29, 0.717) is 0 Å². The maximum Gasteiger partial charge on any atom is 0.205 e. The summed E-state index contributed by atoms with van der Waals surface area (Å²) in [5.74, 6) is 0.0995. The quantitative estimate of drug-likeness (QED) is 0.750. The first-order valence-corrected chi connectivity index (χ1v) is 6.27. The molecule has 0 amide bonds. The molecule has 2 aromatic rings. The van der Waals surface area contributed by atoms with Crippen LogP contribution in [0.3, 0.4) is 0 Å². The zero-order valence-electron chi connectivity index (χ0n) is 8.83. The van der Waals surface area contributed by atoms with Gasteiger partial charge in [-0.2, -0.15) is 4.37 Å². The van der Waals surface area contributed by atoms with Crippen molar-refractivity contribution in [3.63, 3.8) is 0 Å². The fourth-order valence-electron chi connectivity index (χ4n) is 1.34. The first-order chi connectivity index (χ1) is 7.09. The molecule has 2 nitrogen and oxygen atoms in total. The van der Waals surface area contributed by atoms with E-state index in [1.807, 2.05) is 32.2 Å². The van der Waals surface area contributed by atoms with Gasteiger partial charge in [-0.3, -0.25) is 4.79 Å². The first kappa shape index (κ1) is 10.5. The summed E-state index contributed by atoms with van der Waals surface area (Å²) in [7, 11) is 0. The molecule has 0 unspecified atom stereocenters. The van der Waals surface area contributed by atoms with E-state index in [2.05, 4.69) is 4.37 Å². The Labute approximate surface area is 96.8 Å². The number of ketones is 1. The van der Waals surface area contributed by atoms with Gasteiger partial charge in [-0.25, -0.2) is 0 Å². The number of carbonyl (C=O) groups is 1. The van der Waals surface area contributed by atoms with Gasteiger partial charge in [0, 0.05) is 15.8 Å². The van der Waals surface area contributed by atoms with Gasteiger partial charge in [0.1, 0.15) is 0 Å². The fourth-order valence-corrected chi connectivity index (χ4v) is 2.92. The molecule has 0 fully saturated rings. The molecule has 78 valence electrons. The lowest BCUT2D eigenvalue weighted by atomic mass is 10.1. The van der Waals surface area contributed by atoms with E-state index < -0.39 is 0 Å². The molecule has 0 spiro atoms. The highest BCUT2D eigenvalue weighted by Gasteiger charge is 2.16. The molecule has 0 atom stereocenters. The van der Waals surface area contributed by atoms with E-state index >= 15 is 0 Å². The third-order valence-corrected chi connectivity index (χ3v) is 4.27. The molecular weight excluding hydrogens is 226 g/mol. The fraction of sp³-hybridized carbons (Fsp3) is 0.273. The Morgan fingerprint density at radius 3 is 2.53 bits per heavy atom. The van der Waals surface area contributed by atoms with Crippen molar-refractivity contribution in [3.05, 3.63) is 38.0 Å². The molecule has 0 aliphatic heterocycles. The van der Waals surface area contributed by atoms with Crippen molar-refractivity contribution in [2.45, 2.75) is 20.8 Å². The normalized spacial score (nSPS) is 10.6. The van der Waals surface area contributed by atoms with Crippen molar-refractivity contribution in [2.75, 3.05) is 0 Å². The first-order valence-electron chi connectivity index (χ1n) is 4.62. The smallest absolute Gasteiger partial charge is 0.205 e. The van der Waals surface area contributed by atoms with Crippen LogP contribution in [0.5, 0.6) is 0 Å². The molecule has 0 saturated carbocycles. The van der Waals surface area contributed by atoms with Crippen LogP contribution in [0.25, 0.3) is 0 Å². The second kappa shape index (κ2) is 3.87. The molecule has 2 heterocycles. The van der Waals surface area contributed by atoms with E-state index in [0.717, 1.165) is 21.7 Å². The Balaban J connectivity index is 2.41. The van der Waals surface area contributed by atoms with Crippen molar-refractivity contribution in [1.82, 2.24) is 4.37 Å². The SMILES string of the molecule is Cc1cc(C(=O)c2csc(C)c2C)sn1. The van der Waals surface area contributed by atoms with Gasteiger partial charge in [-0.15, -0.1) is 11.3 Å². The van der Waals surface area contributed by atoms with Crippen LogP contribution in [0.1, 0.15) is 31.4 Å². The number of hydrogen-bond acceptors (Lipinski definition) is 4. The Morgan fingerprint density at radius 2 is 2.07 bits per heavy atom. The average Bonchev–Trinajstić information content (AvgIpc) is 2.75. The third-order valence-electron chi connectivity index (χ3n) is 2.38. The minimum atomic E-state index is 0.0995. The summed E-state index contributed by atoms with van der Waals surface area (Å²) >= 11 is 2.90. The Bertz CT molecular complexity index is 510. The molecule has 0 saturated heterocycles. The molecule has 0 aromatic carbocycles. The van der Waals surface area contributed by atoms with E-state index in [1.54, 1.807) is 11.3 Å². The summed E-state index contributed by atoms with van der Waals surface area (Å²) in [6.07, 6.45) is 0. The number of carbonyl (C=O) groups excluding carboxylic acids is 1. The lowest BCUT2D eigenvalue weighted by Crippen LogP contribution is -1.98. The lowest BCUT2D eigenvalue weighted by Gasteiger charge is -1.95. The van der Waals surface area contributed by atoms with Crippen molar-refractivity contribution in [2.24, 2.45) is 0 Å². The van der Waals surface area contributed by atoms with Gasteiger partial charge >= 0.3 is 0 Å². The van der Waals surface area contributed by atoms with Gasteiger partial charge in [0.05, 0.1) is 10.6 Å². The van der Waals surface area contributed by atoms with Gasteiger partial charge in [0.15, 0.2) is 0 Å². The standard InChI is InChI=1S/C11H11NOS2/c1-6-4-10(15-12-6)11(13)9-5-14-8(3)7(9)2/h4-5H,1-3H3. The van der Waals surface area contributed by atoms with Crippen LogP contribution in [-0.4, -0.2) is 10.2 Å². The highest BCUT2D eigenvalue weighted by Crippen LogP contribution is 2.24. The van der Waals surface area contributed by atoms with Crippen LogP contribution in [-0.2, 0) is 0 Å². The summed E-state index contributed by atoms with van der Waals surface area (Å²) in [6.45, 7) is 5.93. The summed E-state index contributed by atoms with van der Waals surface area (Å²) in [4.78, 5) is 14.0. The van der Waals surface area contributed by atoms with Gasteiger partial charge in [0.2, 0.25) is 5.78 Å². The molecule has 0 N–H and O–H groups in total. The van der Waals surface area contributed by atoms with E-state index in [9.17, 15) is 4.79 Å². The number of rotatable bonds is 2. The van der Waals surface area contributed by atoms with E-state index in [4.69, 9.17) is 0 Å². The largest absolute Gasteiger partial charge is 0.288 e. The van der Waals surface area contributed by atoms with Crippen molar-refractivity contribution in [1.29, 1.82) is 0 Å². The Morgan fingerprint density at radius 1 is 1.33 bits per heavy atom. The van der Waals surface area contributed by atoms with Crippen molar-refractivity contribution >= 4 is 28.7 Å². The Kier molecular flexibility index (Phi) is 2.71. The zero-order valence-corrected chi connectivity index (χ0v) is 10.5. The second-order valence-corrected chi connectivity index (χ2v) is 5.38. The minimum Gasteiger partial charge on any atom is -0.288 e. The van der Waals surface area contributed by atoms with Crippen LogP contribution in [0.2, 0.25) is 0 Å². The Hall–Kier alpha value is -1.00. The highest BCUT2D eigenvalue weighted by molar-refractivity contribution is 7.11. The number of aromatic nitrogens is 1. The second-order valence-electron chi connectivity index (χ2n) is 3.49. The molecule has 0 aliphatic rings. The number of thiophene rings is 1. The van der Waals surface area contributed by atoms with Gasteiger partial charge < -0.3 is 0 Å². The number of hydrogen-bond donors (Lipinski definition) is 0. The van der Waals surface area contributed by atoms with E-state index in [-0.39, 0.29) is 5.78 Å². The highest BCUT2D eigenvalue weighted by atomic mass is 32.1.